The Morgan fingerprint density at radius 3 is 2.53 bits per heavy atom. The second-order valence-electron chi connectivity index (χ2n) is 3.91. The fourth-order valence-electron chi connectivity index (χ4n) is 1.54. The van der Waals surface area contributed by atoms with Crippen molar-refractivity contribution in [2.45, 2.75) is 19.3 Å². The van der Waals surface area contributed by atoms with Crippen molar-refractivity contribution in [2.75, 3.05) is 0 Å². The lowest BCUT2D eigenvalue weighted by molar-refractivity contribution is -0.137. The Hall–Kier alpha value is -1.59. The standard InChI is InChI=1S/C12H10Cl2N2O3/c13-8-4-7(5-9(14)6-8)12-16-15-10(19-12)2-1-3-11(17)18/h4-6H,1-3H2,(H,17,18). The van der Waals surface area contributed by atoms with E-state index < -0.39 is 5.97 Å². The average Bonchev–Trinajstić information content (AvgIpc) is 2.76. The van der Waals surface area contributed by atoms with E-state index in [-0.39, 0.29) is 6.42 Å². The average molecular weight is 301 g/mol. The summed E-state index contributed by atoms with van der Waals surface area (Å²) in [5.41, 5.74) is 0.634. The molecular formula is C12H10Cl2N2O3. The van der Waals surface area contributed by atoms with Gasteiger partial charge in [0.1, 0.15) is 0 Å². The summed E-state index contributed by atoms with van der Waals surface area (Å²) in [4.78, 5) is 10.4. The van der Waals surface area contributed by atoms with Crippen LogP contribution in [-0.2, 0) is 11.2 Å². The Balaban J connectivity index is 2.09. The number of hydrogen-bond donors (Lipinski definition) is 1. The van der Waals surface area contributed by atoms with Crippen LogP contribution in [-0.4, -0.2) is 21.3 Å². The predicted molar refractivity (Wildman–Crippen MR) is 70.3 cm³/mol. The Morgan fingerprint density at radius 1 is 1.21 bits per heavy atom. The van der Waals surface area contributed by atoms with Crippen molar-refractivity contribution < 1.29 is 14.3 Å². The number of carboxylic acid groups (broad SMARTS) is 1. The monoisotopic (exact) mass is 300 g/mol. The van der Waals surface area contributed by atoms with E-state index in [1.807, 2.05) is 0 Å². The molecule has 1 heterocycles. The minimum absolute atomic E-state index is 0.0701. The highest BCUT2D eigenvalue weighted by molar-refractivity contribution is 6.35. The van der Waals surface area contributed by atoms with Crippen LogP contribution >= 0.6 is 23.2 Å². The predicted octanol–water partition coefficient (Wildman–Crippen LogP) is 3.45. The highest BCUT2D eigenvalue weighted by Crippen LogP contribution is 2.26. The van der Waals surface area contributed by atoms with Crippen molar-refractivity contribution in [1.82, 2.24) is 10.2 Å². The van der Waals surface area contributed by atoms with Gasteiger partial charge in [0.05, 0.1) is 0 Å². The molecule has 0 unspecified atom stereocenters. The third-order valence-electron chi connectivity index (χ3n) is 2.36. The van der Waals surface area contributed by atoms with E-state index in [2.05, 4.69) is 10.2 Å². The molecule has 1 aromatic heterocycles. The number of nitrogens with zero attached hydrogens (tertiary/aromatic N) is 2. The molecule has 0 bridgehead atoms. The third kappa shape index (κ3) is 3.94. The van der Waals surface area contributed by atoms with Gasteiger partial charge in [-0.15, -0.1) is 10.2 Å². The number of rotatable bonds is 5. The lowest BCUT2D eigenvalue weighted by Crippen LogP contribution is -1.95. The molecule has 100 valence electrons. The number of halogens is 2. The van der Waals surface area contributed by atoms with Gasteiger partial charge >= 0.3 is 5.97 Å². The van der Waals surface area contributed by atoms with Gasteiger partial charge in [0.25, 0.3) is 0 Å². The van der Waals surface area contributed by atoms with Crippen molar-refractivity contribution in [3.05, 3.63) is 34.1 Å². The number of benzene rings is 1. The molecule has 19 heavy (non-hydrogen) atoms. The van der Waals surface area contributed by atoms with E-state index in [4.69, 9.17) is 32.7 Å². The number of hydrogen-bond acceptors (Lipinski definition) is 4. The summed E-state index contributed by atoms with van der Waals surface area (Å²) in [5.74, 6) is -0.136. The van der Waals surface area contributed by atoms with E-state index >= 15 is 0 Å². The maximum Gasteiger partial charge on any atom is 0.303 e. The second kappa shape index (κ2) is 6.04. The highest BCUT2D eigenvalue weighted by Gasteiger charge is 2.10. The molecule has 0 saturated heterocycles. The zero-order valence-corrected chi connectivity index (χ0v) is 11.3. The normalized spacial score (nSPS) is 10.6. The molecule has 0 aliphatic rings. The topological polar surface area (TPSA) is 76.2 Å². The molecule has 1 aromatic carbocycles. The van der Waals surface area contributed by atoms with E-state index in [9.17, 15) is 4.79 Å². The summed E-state index contributed by atoms with van der Waals surface area (Å²) in [6.45, 7) is 0. The van der Waals surface area contributed by atoms with E-state index in [1.54, 1.807) is 18.2 Å². The van der Waals surface area contributed by atoms with Gasteiger partial charge in [-0.25, -0.2) is 0 Å². The molecule has 0 aliphatic carbocycles. The molecular weight excluding hydrogens is 291 g/mol. The van der Waals surface area contributed by atoms with Gasteiger partial charge in [0, 0.05) is 28.5 Å². The first kappa shape index (κ1) is 13.8. The van der Waals surface area contributed by atoms with Crippen LogP contribution in [0.15, 0.2) is 22.6 Å². The largest absolute Gasteiger partial charge is 0.481 e. The molecule has 0 amide bonds. The van der Waals surface area contributed by atoms with E-state index in [0.29, 0.717) is 40.2 Å². The minimum Gasteiger partial charge on any atom is -0.481 e. The number of aliphatic carboxylic acids is 1. The molecule has 7 heteroatoms. The minimum atomic E-state index is -0.846. The lowest BCUT2D eigenvalue weighted by Gasteiger charge is -1.97. The van der Waals surface area contributed by atoms with E-state index in [0.717, 1.165) is 0 Å². The van der Waals surface area contributed by atoms with Crippen molar-refractivity contribution in [3.63, 3.8) is 0 Å². The number of aryl methyl sites for hydroxylation is 1. The summed E-state index contributed by atoms with van der Waals surface area (Å²) >= 11 is 11.8. The smallest absolute Gasteiger partial charge is 0.303 e. The maximum absolute atomic E-state index is 10.4. The summed E-state index contributed by atoms with van der Waals surface area (Å²) in [6, 6.07) is 4.95. The molecule has 5 nitrogen and oxygen atoms in total. The Labute approximate surface area is 119 Å². The van der Waals surface area contributed by atoms with Gasteiger partial charge in [-0.3, -0.25) is 4.79 Å². The molecule has 0 saturated carbocycles. The van der Waals surface area contributed by atoms with Crippen LogP contribution in [0.25, 0.3) is 11.5 Å². The molecule has 0 radical (unpaired) electrons. The summed E-state index contributed by atoms with van der Waals surface area (Å²) < 4.78 is 5.43. The summed E-state index contributed by atoms with van der Waals surface area (Å²) in [6.07, 6.45) is 0.946. The van der Waals surface area contributed by atoms with Crippen LogP contribution in [0.4, 0.5) is 0 Å². The molecule has 0 spiro atoms. The Bertz CT molecular complexity index is 578. The molecule has 2 rings (SSSR count). The number of aromatic nitrogens is 2. The number of carboxylic acids is 1. The fourth-order valence-corrected chi connectivity index (χ4v) is 2.07. The van der Waals surface area contributed by atoms with Gasteiger partial charge in [-0.1, -0.05) is 23.2 Å². The van der Waals surface area contributed by atoms with Gasteiger partial charge < -0.3 is 9.52 Å². The lowest BCUT2D eigenvalue weighted by atomic mass is 10.2. The van der Waals surface area contributed by atoms with Crippen molar-refractivity contribution in [2.24, 2.45) is 0 Å². The molecule has 0 fully saturated rings. The van der Waals surface area contributed by atoms with Gasteiger partial charge in [0.15, 0.2) is 0 Å². The Kier molecular flexibility index (Phi) is 4.39. The van der Waals surface area contributed by atoms with Gasteiger partial charge in [-0.05, 0) is 24.6 Å². The zero-order chi connectivity index (χ0) is 13.8. The van der Waals surface area contributed by atoms with Crippen molar-refractivity contribution >= 4 is 29.2 Å². The molecule has 0 aliphatic heterocycles. The summed E-state index contributed by atoms with van der Waals surface area (Å²) in [7, 11) is 0. The van der Waals surface area contributed by atoms with Crippen LogP contribution in [0.3, 0.4) is 0 Å². The first-order chi connectivity index (χ1) is 9.04. The van der Waals surface area contributed by atoms with Crippen LogP contribution in [0.1, 0.15) is 18.7 Å². The third-order valence-corrected chi connectivity index (χ3v) is 2.79. The maximum atomic E-state index is 10.4. The first-order valence-corrected chi connectivity index (χ1v) is 6.31. The highest BCUT2D eigenvalue weighted by atomic mass is 35.5. The van der Waals surface area contributed by atoms with Crippen LogP contribution in [0.5, 0.6) is 0 Å². The van der Waals surface area contributed by atoms with Crippen LogP contribution in [0.2, 0.25) is 10.0 Å². The van der Waals surface area contributed by atoms with Crippen LogP contribution < -0.4 is 0 Å². The van der Waals surface area contributed by atoms with Gasteiger partial charge in [-0.2, -0.15) is 0 Å². The SMILES string of the molecule is O=C(O)CCCc1nnc(-c2cc(Cl)cc(Cl)c2)o1. The summed E-state index contributed by atoms with van der Waals surface area (Å²) in [5, 5.41) is 17.2. The van der Waals surface area contributed by atoms with Gasteiger partial charge in [0.2, 0.25) is 11.8 Å². The molecule has 0 atom stereocenters. The van der Waals surface area contributed by atoms with Crippen molar-refractivity contribution in [3.8, 4) is 11.5 Å². The quantitative estimate of drug-likeness (QED) is 0.915. The molecule has 2 aromatic rings. The Morgan fingerprint density at radius 2 is 1.89 bits per heavy atom. The van der Waals surface area contributed by atoms with Crippen LogP contribution in [0, 0.1) is 0 Å². The molecule has 1 N–H and O–H groups in total. The second-order valence-corrected chi connectivity index (χ2v) is 4.78. The fraction of sp³-hybridized carbons (Fsp3) is 0.250. The first-order valence-electron chi connectivity index (χ1n) is 5.55. The van der Waals surface area contributed by atoms with Crippen molar-refractivity contribution in [1.29, 1.82) is 0 Å². The zero-order valence-electron chi connectivity index (χ0n) is 9.77. The number of carbonyl (C=O) groups is 1. The van der Waals surface area contributed by atoms with E-state index in [1.165, 1.54) is 0 Å².